The summed E-state index contributed by atoms with van der Waals surface area (Å²) in [6.45, 7) is 0.264. The quantitative estimate of drug-likeness (QED) is 0.669. The summed E-state index contributed by atoms with van der Waals surface area (Å²) in [6, 6.07) is 10.9. The van der Waals surface area contributed by atoms with Crippen LogP contribution in [0, 0.1) is 0 Å². The number of amides is 3. The number of imide groups is 1. The first kappa shape index (κ1) is 14.0. The molecule has 1 saturated heterocycles. The first-order chi connectivity index (χ1) is 10.1. The second kappa shape index (κ2) is 5.83. The van der Waals surface area contributed by atoms with Crippen LogP contribution in [-0.2, 0) is 11.3 Å². The normalized spacial score (nSPS) is 16.6. The molecule has 0 spiro atoms. The zero-order valence-corrected chi connectivity index (χ0v) is 13.3. The number of rotatable bonds is 3. The van der Waals surface area contributed by atoms with E-state index in [-0.39, 0.29) is 18.5 Å². The van der Waals surface area contributed by atoms with Crippen molar-refractivity contribution in [3.05, 3.63) is 62.4 Å². The number of carbonyl (C=O) groups is 2. The Morgan fingerprint density at radius 3 is 2.62 bits per heavy atom. The van der Waals surface area contributed by atoms with E-state index in [4.69, 9.17) is 0 Å². The van der Waals surface area contributed by atoms with Crippen molar-refractivity contribution in [3.8, 4) is 0 Å². The van der Waals surface area contributed by atoms with Crippen molar-refractivity contribution in [3.63, 3.8) is 0 Å². The lowest BCUT2D eigenvalue weighted by Crippen LogP contribution is -2.30. The molecule has 2 aromatic rings. The van der Waals surface area contributed by atoms with E-state index in [1.165, 1.54) is 16.2 Å². The minimum absolute atomic E-state index is 0.264. The summed E-state index contributed by atoms with van der Waals surface area (Å²) in [5.74, 6) is -0.295. The fourth-order valence-electron chi connectivity index (χ4n) is 2.00. The summed E-state index contributed by atoms with van der Waals surface area (Å²) in [4.78, 5) is 26.4. The van der Waals surface area contributed by atoms with Crippen molar-refractivity contribution in [2.45, 2.75) is 6.54 Å². The van der Waals surface area contributed by atoms with Gasteiger partial charge in [0.1, 0.15) is 5.70 Å². The summed E-state index contributed by atoms with van der Waals surface area (Å²) >= 11 is 4.87. The van der Waals surface area contributed by atoms with Gasteiger partial charge < -0.3 is 5.32 Å². The summed E-state index contributed by atoms with van der Waals surface area (Å²) in [5.41, 5.74) is 1.22. The Hall–Kier alpha value is -1.92. The van der Waals surface area contributed by atoms with Crippen LogP contribution in [0.5, 0.6) is 0 Å². The molecule has 1 fully saturated rings. The Kier molecular flexibility index (Phi) is 3.90. The highest BCUT2D eigenvalue weighted by Gasteiger charge is 2.33. The molecule has 6 heteroatoms. The van der Waals surface area contributed by atoms with Gasteiger partial charge in [0.2, 0.25) is 0 Å². The standard InChI is InChI=1S/C15H11BrN2O2S/c16-11-5-3-10(4-6-11)9-18-14(19)13(17-15(18)20)8-12-2-1-7-21-12/h1-8H,9H2,(H,17,20)/b13-8+. The lowest BCUT2D eigenvalue weighted by molar-refractivity contribution is -0.123. The molecule has 1 aliphatic rings. The second-order valence-electron chi connectivity index (χ2n) is 4.52. The van der Waals surface area contributed by atoms with E-state index in [0.717, 1.165) is 14.9 Å². The second-order valence-corrected chi connectivity index (χ2v) is 6.42. The molecule has 0 bridgehead atoms. The molecule has 0 radical (unpaired) electrons. The molecule has 1 aromatic carbocycles. The molecule has 21 heavy (non-hydrogen) atoms. The van der Waals surface area contributed by atoms with Gasteiger partial charge in [0.15, 0.2) is 0 Å². The number of thiophene rings is 1. The first-order valence-electron chi connectivity index (χ1n) is 6.26. The maximum atomic E-state index is 12.3. The van der Waals surface area contributed by atoms with E-state index in [9.17, 15) is 9.59 Å². The predicted molar refractivity (Wildman–Crippen MR) is 85.5 cm³/mol. The smallest absolute Gasteiger partial charge is 0.303 e. The average molecular weight is 363 g/mol. The zero-order valence-electron chi connectivity index (χ0n) is 10.9. The molecule has 1 aliphatic heterocycles. The molecule has 4 nitrogen and oxygen atoms in total. The molecule has 3 rings (SSSR count). The van der Waals surface area contributed by atoms with Crippen LogP contribution in [0.3, 0.4) is 0 Å². The highest BCUT2D eigenvalue weighted by Crippen LogP contribution is 2.19. The highest BCUT2D eigenvalue weighted by atomic mass is 79.9. The van der Waals surface area contributed by atoms with Crippen LogP contribution in [0.15, 0.2) is 51.9 Å². The monoisotopic (exact) mass is 362 g/mol. The third-order valence-corrected chi connectivity index (χ3v) is 4.39. The molecule has 106 valence electrons. The number of hydrogen-bond donors (Lipinski definition) is 1. The third kappa shape index (κ3) is 3.06. The average Bonchev–Trinajstić information content (AvgIpc) is 3.06. The van der Waals surface area contributed by atoms with Crippen molar-refractivity contribution in [2.75, 3.05) is 0 Å². The lowest BCUT2D eigenvalue weighted by Gasteiger charge is -2.11. The number of halogens is 1. The van der Waals surface area contributed by atoms with Crippen LogP contribution in [0.1, 0.15) is 10.4 Å². The summed E-state index contributed by atoms with van der Waals surface area (Å²) < 4.78 is 0.960. The van der Waals surface area contributed by atoms with Gasteiger partial charge in [-0.15, -0.1) is 11.3 Å². The van der Waals surface area contributed by atoms with E-state index in [1.807, 2.05) is 41.8 Å². The van der Waals surface area contributed by atoms with Crippen molar-refractivity contribution in [1.29, 1.82) is 0 Å². The van der Waals surface area contributed by atoms with Gasteiger partial charge in [-0.05, 0) is 35.2 Å². The molecule has 0 saturated carbocycles. The Morgan fingerprint density at radius 2 is 1.95 bits per heavy atom. The van der Waals surface area contributed by atoms with Crippen LogP contribution >= 0.6 is 27.3 Å². The number of nitrogens with one attached hydrogen (secondary N) is 1. The fraction of sp³-hybridized carbons (Fsp3) is 0.0667. The van der Waals surface area contributed by atoms with Gasteiger partial charge in [0.05, 0.1) is 6.54 Å². The van der Waals surface area contributed by atoms with E-state index in [1.54, 1.807) is 6.08 Å². The third-order valence-electron chi connectivity index (χ3n) is 3.05. The number of carbonyl (C=O) groups excluding carboxylic acids is 2. The number of nitrogens with zero attached hydrogens (tertiary/aromatic N) is 1. The Bertz CT molecular complexity index is 708. The van der Waals surface area contributed by atoms with Gasteiger partial charge in [-0.3, -0.25) is 9.69 Å². The van der Waals surface area contributed by atoms with Crippen LogP contribution in [0.4, 0.5) is 4.79 Å². The molecular weight excluding hydrogens is 352 g/mol. The highest BCUT2D eigenvalue weighted by molar-refractivity contribution is 9.10. The molecular formula is C15H11BrN2O2S. The topological polar surface area (TPSA) is 49.4 Å². The van der Waals surface area contributed by atoms with Gasteiger partial charge in [-0.25, -0.2) is 4.79 Å². The number of hydrogen-bond acceptors (Lipinski definition) is 3. The Balaban J connectivity index is 1.79. The van der Waals surface area contributed by atoms with Crippen molar-refractivity contribution in [1.82, 2.24) is 10.2 Å². The van der Waals surface area contributed by atoms with Crippen molar-refractivity contribution < 1.29 is 9.59 Å². The van der Waals surface area contributed by atoms with E-state index in [2.05, 4.69) is 21.2 Å². The van der Waals surface area contributed by atoms with Crippen molar-refractivity contribution >= 4 is 45.3 Å². The molecule has 3 amide bonds. The lowest BCUT2D eigenvalue weighted by atomic mass is 10.2. The zero-order chi connectivity index (χ0) is 14.8. The summed E-state index contributed by atoms with van der Waals surface area (Å²) in [7, 11) is 0. The van der Waals surface area contributed by atoms with Gasteiger partial charge in [-0.1, -0.05) is 34.1 Å². The predicted octanol–water partition coefficient (Wildman–Crippen LogP) is 3.60. The molecule has 1 N–H and O–H groups in total. The SMILES string of the molecule is O=C1N/C(=C/c2cccs2)C(=O)N1Cc1ccc(Br)cc1. The maximum Gasteiger partial charge on any atom is 0.329 e. The van der Waals surface area contributed by atoms with E-state index >= 15 is 0 Å². The Morgan fingerprint density at radius 1 is 1.19 bits per heavy atom. The number of urea groups is 1. The summed E-state index contributed by atoms with van der Waals surface area (Å²) in [5, 5.41) is 4.54. The van der Waals surface area contributed by atoms with Gasteiger partial charge in [0, 0.05) is 9.35 Å². The molecule has 1 aromatic heterocycles. The van der Waals surface area contributed by atoms with Crippen molar-refractivity contribution in [2.24, 2.45) is 0 Å². The van der Waals surface area contributed by atoms with Gasteiger partial charge >= 0.3 is 6.03 Å². The van der Waals surface area contributed by atoms with E-state index < -0.39 is 0 Å². The van der Waals surface area contributed by atoms with Crippen LogP contribution < -0.4 is 5.32 Å². The van der Waals surface area contributed by atoms with Crippen LogP contribution in [-0.4, -0.2) is 16.8 Å². The molecule has 0 unspecified atom stereocenters. The molecule has 2 heterocycles. The minimum atomic E-state index is -0.384. The van der Waals surface area contributed by atoms with Gasteiger partial charge in [0.25, 0.3) is 5.91 Å². The number of benzene rings is 1. The minimum Gasteiger partial charge on any atom is -0.303 e. The maximum absolute atomic E-state index is 12.3. The van der Waals surface area contributed by atoms with Crippen LogP contribution in [0.25, 0.3) is 6.08 Å². The van der Waals surface area contributed by atoms with Gasteiger partial charge in [-0.2, -0.15) is 0 Å². The largest absolute Gasteiger partial charge is 0.329 e. The fourth-order valence-corrected chi connectivity index (χ4v) is 2.92. The summed E-state index contributed by atoms with van der Waals surface area (Å²) in [6.07, 6.45) is 1.70. The molecule has 0 aliphatic carbocycles. The first-order valence-corrected chi connectivity index (χ1v) is 7.93. The van der Waals surface area contributed by atoms with E-state index in [0.29, 0.717) is 5.70 Å². The van der Waals surface area contributed by atoms with Crippen LogP contribution in [0.2, 0.25) is 0 Å². The Labute approximate surface area is 134 Å². The molecule has 0 atom stereocenters.